The summed E-state index contributed by atoms with van der Waals surface area (Å²) in [6.45, 7) is 7.29. The van der Waals surface area contributed by atoms with Crippen LogP contribution in [0.5, 0.6) is 0 Å². The van der Waals surface area contributed by atoms with Gasteiger partial charge < -0.3 is 5.11 Å². The van der Waals surface area contributed by atoms with Gasteiger partial charge in [0.15, 0.2) is 0 Å². The number of hydrogen-bond donors (Lipinski definition) is 1. The molecule has 1 N–H and O–H groups in total. The van der Waals surface area contributed by atoms with Gasteiger partial charge in [-0.05, 0) is 27.8 Å². The Morgan fingerprint density at radius 2 is 1.62 bits per heavy atom. The zero-order valence-electron chi connectivity index (χ0n) is 8.34. The van der Waals surface area contributed by atoms with Gasteiger partial charge in [-0.25, -0.2) is 9.18 Å². The summed E-state index contributed by atoms with van der Waals surface area (Å²) in [4.78, 5) is 10.6. The maximum absolute atomic E-state index is 13.7. The van der Waals surface area contributed by atoms with E-state index >= 15 is 0 Å². The van der Waals surface area contributed by atoms with E-state index in [9.17, 15) is 9.18 Å². The Bertz CT molecular complexity index is 182. The third kappa shape index (κ3) is 2.93. The SMILES string of the molecule is CC(C)C(C(C)C)C(F)(Br)C(=O)O. The van der Waals surface area contributed by atoms with Crippen LogP contribution in [-0.4, -0.2) is 15.7 Å². The van der Waals surface area contributed by atoms with Crippen LogP contribution in [0.15, 0.2) is 0 Å². The molecule has 2 nitrogen and oxygen atoms in total. The molecule has 0 aromatic rings. The van der Waals surface area contributed by atoms with E-state index in [2.05, 4.69) is 15.9 Å². The number of hydrogen-bond acceptors (Lipinski definition) is 1. The molecular formula is C9H16BrFO2. The van der Waals surface area contributed by atoms with Crippen LogP contribution in [0.25, 0.3) is 0 Å². The maximum atomic E-state index is 13.7. The first-order valence-electron chi connectivity index (χ1n) is 4.32. The molecule has 1 atom stereocenters. The van der Waals surface area contributed by atoms with Crippen LogP contribution in [0.2, 0.25) is 0 Å². The Balaban J connectivity index is 4.83. The van der Waals surface area contributed by atoms with Crippen LogP contribution in [0.1, 0.15) is 27.7 Å². The van der Waals surface area contributed by atoms with Crippen molar-refractivity contribution in [1.82, 2.24) is 0 Å². The minimum atomic E-state index is -2.31. The average Bonchev–Trinajstić information content (AvgIpc) is 1.82. The minimum absolute atomic E-state index is 0.0134. The predicted molar refractivity (Wildman–Crippen MR) is 53.6 cm³/mol. The molecule has 0 heterocycles. The van der Waals surface area contributed by atoms with Gasteiger partial charge in [0.2, 0.25) is 0 Å². The summed E-state index contributed by atoms with van der Waals surface area (Å²) in [5, 5.41) is 8.69. The number of carboxylic acid groups (broad SMARTS) is 1. The summed E-state index contributed by atoms with van der Waals surface area (Å²) in [7, 11) is 0. The summed E-state index contributed by atoms with van der Waals surface area (Å²) in [5.74, 6) is -1.99. The monoisotopic (exact) mass is 254 g/mol. The Hall–Kier alpha value is -0.120. The molecule has 0 aliphatic carbocycles. The van der Waals surface area contributed by atoms with E-state index in [1.807, 2.05) is 27.7 Å². The number of rotatable bonds is 4. The molecule has 0 bridgehead atoms. The molecule has 0 radical (unpaired) electrons. The zero-order chi connectivity index (χ0) is 10.8. The molecule has 1 unspecified atom stereocenters. The third-order valence-electron chi connectivity index (χ3n) is 2.14. The van der Waals surface area contributed by atoms with E-state index in [0.717, 1.165) is 0 Å². The molecule has 0 aromatic carbocycles. The predicted octanol–water partition coefficient (Wildman–Crippen LogP) is 3.06. The molecule has 0 fully saturated rings. The standard InChI is InChI=1S/C9H16BrFO2/c1-5(2)7(6(3)4)9(10,11)8(12)13/h5-7H,1-4H3,(H,12,13). The van der Waals surface area contributed by atoms with Crippen molar-refractivity contribution in [2.75, 3.05) is 0 Å². The fourth-order valence-corrected chi connectivity index (χ4v) is 2.81. The van der Waals surface area contributed by atoms with Crippen LogP contribution in [0, 0.1) is 17.8 Å². The minimum Gasteiger partial charge on any atom is -0.478 e. The second-order valence-corrected chi connectivity index (χ2v) is 5.10. The van der Waals surface area contributed by atoms with Crippen LogP contribution in [0.4, 0.5) is 4.39 Å². The number of aliphatic carboxylic acids is 1. The average molecular weight is 255 g/mol. The van der Waals surface area contributed by atoms with Crippen molar-refractivity contribution in [3.8, 4) is 0 Å². The second kappa shape index (κ2) is 4.40. The van der Waals surface area contributed by atoms with Gasteiger partial charge >= 0.3 is 5.97 Å². The molecular weight excluding hydrogens is 239 g/mol. The van der Waals surface area contributed by atoms with Gasteiger partial charge in [0.05, 0.1) is 0 Å². The van der Waals surface area contributed by atoms with Gasteiger partial charge in [-0.1, -0.05) is 27.7 Å². The molecule has 78 valence electrons. The van der Waals surface area contributed by atoms with Crippen molar-refractivity contribution in [3.05, 3.63) is 0 Å². The van der Waals surface area contributed by atoms with Crippen LogP contribution >= 0.6 is 15.9 Å². The van der Waals surface area contributed by atoms with E-state index < -0.39 is 16.5 Å². The first-order chi connectivity index (χ1) is 5.71. The number of carbonyl (C=O) groups is 1. The molecule has 0 saturated heterocycles. The number of halogens is 2. The summed E-state index contributed by atoms with van der Waals surface area (Å²) in [6.07, 6.45) is 0. The highest BCUT2D eigenvalue weighted by Crippen LogP contribution is 2.39. The molecule has 0 rings (SSSR count). The first kappa shape index (κ1) is 12.9. The van der Waals surface area contributed by atoms with Gasteiger partial charge in [0.25, 0.3) is 4.58 Å². The van der Waals surface area contributed by atoms with E-state index in [1.54, 1.807) is 0 Å². The molecule has 4 heteroatoms. The third-order valence-corrected chi connectivity index (χ3v) is 3.01. The molecule has 13 heavy (non-hydrogen) atoms. The Kier molecular flexibility index (Phi) is 4.36. The van der Waals surface area contributed by atoms with Crippen molar-refractivity contribution in [2.45, 2.75) is 32.3 Å². The molecule has 0 spiro atoms. The summed E-state index contributed by atoms with van der Waals surface area (Å²) < 4.78 is 11.4. The van der Waals surface area contributed by atoms with Gasteiger partial charge in [0, 0.05) is 5.92 Å². The molecule has 0 saturated carbocycles. The fraction of sp³-hybridized carbons (Fsp3) is 0.889. The number of alkyl halides is 2. The normalized spacial score (nSPS) is 16.7. The van der Waals surface area contributed by atoms with E-state index in [1.165, 1.54) is 0 Å². The maximum Gasteiger partial charge on any atom is 0.353 e. The van der Waals surface area contributed by atoms with E-state index in [0.29, 0.717) is 0 Å². The smallest absolute Gasteiger partial charge is 0.353 e. The lowest BCUT2D eigenvalue weighted by molar-refractivity contribution is -0.148. The van der Waals surface area contributed by atoms with Crippen LogP contribution in [0.3, 0.4) is 0 Å². The quantitative estimate of drug-likeness (QED) is 0.784. The Labute approximate surface area is 86.6 Å². The summed E-state index contributed by atoms with van der Waals surface area (Å²) in [5.41, 5.74) is 0. The van der Waals surface area contributed by atoms with Crippen LogP contribution in [-0.2, 0) is 4.79 Å². The topological polar surface area (TPSA) is 37.3 Å². The lowest BCUT2D eigenvalue weighted by atomic mass is 9.82. The van der Waals surface area contributed by atoms with Gasteiger partial charge in [-0.15, -0.1) is 0 Å². The molecule has 0 aromatic heterocycles. The van der Waals surface area contributed by atoms with Crippen molar-refractivity contribution in [2.24, 2.45) is 17.8 Å². The lowest BCUT2D eigenvalue weighted by Gasteiger charge is -2.31. The molecule has 0 amide bonds. The van der Waals surface area contributed by atoms with Crippen LogP contribution < -0.4 is 0 Å². The highest BCUT2D eigenvalue weighted by molar-refractivity contribution is 9.10. The Morgan fingerprint density at radius 1 is 1.31 bits per heavy atom. The zero-order valence-corrected chi connectivity index (χ0v) is 9.93. The van der Waals surface area contributed by atoms with Crippen molar-refractivity contribution < 1.29 is 14.3 Å². The molecule has 0 aliphatic rings. The Morgan fingerprint density at radius 3 is 1.69 bits per heavy atom. The summed E-state index contributed by atoms with van der Waals surface area (Å²) >= 11 is 2.65. The molecule has 0 aliphatic heterocycles. The van der Waals surface area contributed by atoms with Crippen molar-refractivity contribution in [1.29, 1.82) is 0 Å². The van der Waals surface area contributed by atoms with Crippen molar-refractivity contribution in [3.63, 3.8) is 0 Å². The highest BCUT2D eigenvalue weighted by atomic mass is 79.9. The fourth-order valence-electron chi connectivity index (χ4n) is 1.75. The van der Waals surface area contributed by atoms with Crippen molar-refractivity contribution >= 4 is 21.9 Å². The lowest BCUT2D eigenvalue weighted by Crippen LogP contribution is -2.41. The largest absolute Gasteiger partial charge is 0.478 e. The summed E-state index contributed by atoms with van der Waals surface area (Å²) in [6, 6.07) is 0. The second-order valence-electron chi connectivity index (χ2n) is 3.94. The van der Waals surface area contributed by atoms with E-state index in [-0.39, 0.29) is 11.8 Å². The van der Waals surface area contributed by atoms with E-state index in [4.69, 9.17) is 5.11 Å². The van der Waals surface area contributed by atoms with Gasteiger partial charge in [-0.3, -0.25) is 0 Å². The first-order valence-corrected chi connectivity index (χ1v) is 5.11. The highest BCUT2D eigenvalue weighted by Gasteiger charge is 2.47. The van der Waals surface area contributed by atoms with Gasteiger partial charge in [0.1, 0.15) is 0 Å². The van der Waals surface area contributed by atoms with Gasteiger partial charge in [-0.2, -0.15) is 0 Å². The number of carboxylic acids is 1.